The van der Waals surface area contributed by atoms with E-state index in [1.165, 1.54) is 12.8 Å². The second-order valence-electron chi connectivity index (χ2n) is 7.04. The summed E-state index contributed by atoms with van der Waals surface area (Å²) in [5.41, 5.74) is 0.449. The summed E-state index contributed by atoms with van der Waals surface area (Å²) in [6, 6.07) is 0. The molecule has 3 aliphatic carbocycles. The molecule has 3 fully saturated rings. The predicted molar refractivity (Wildman–Crippen MR) is 80.9 cm³/mol. The molecule has 0 amide bonds. The van der Waals surface area contributed by atoms with Gasteiger partial charge in [-0.2, -0.15) is 0 Å². The number of allylic oxidation sites excluding steroid dienone is 4. The zero-order valence-electron chi connectivity index (χ0n) is 11.7. The summed E-state index contributed by atoms with van der Waals surface area (Å²) in [7, 11) is -3.04. The molecule has 2 bridgehead atoms. The Morgan fingerprint density at radius 2 is 1.45 bits per heavy atom. The van der Waals surface area contributed by atoms with Crippen LogP contribution in [0.3, 0.4) is 0 Å². The van der Waals surface area contributed by atoms with Crippen molar-refractivity contribution in [2.45, 2.75) is 36.2 Å². The molecule has 0 radical (unpaired) electrons. The summed E-state index contributed by atoms with van der Waals surface area (Å²) >= 11 is 0. The van der Waals surface area contributed by atoms with Crippen molar-refractivity contribution in [3.8, 4) is 0 Å². The van der Waals surface area contributed by atoms with Crippen LogP contribution in [0.15, 0.2) is 37.5 Å². The lowest BCUT2D eigenvalue weighted by molar-refractivity contribution is 0.318. The first-order valence-electron chi connectivity index (χ1n) is 7.71. The average Bonchev–Trinajstić information content (AvgIpc) is 3.02. The van der Waals surface area contributed by atoms with Crippen molar-refractivity contribution >= 4 is 9.84 Å². The van der Waals surface area contributed by atoms with Gasteiger partial charge in [-0.25, -0.2) is 8.42 Å². The zero-order chi connectivity index (χ0) is 14.1. The molecule has 6 atom stereocenters. The summed E-state index contributed by atoms with van der Waals surface area (Å²) in [4.78, 5) is 0. The van der Waals surface area contributed by atoms with E-state index in [-0.39, 0.29) is 10.5 Å². The molecule has 1 saturated heterocycles. The molecule has 0 N–H and O–H groups in total. The highest BCUT2D eigenvalue weighted by Crippen LogP contribution is 2.75. The van der Waals surface area contributed by atoms with Gasteiger partial charge in [0.05, 0.1) is 10.5 Å². The Morgan fingerprint density at radius 1 is 1.00 bits per heavy atom. The maximum absolute atomic E-state index is 12.9. The topological polar surface area (TPSA) is 34.1 Å². The third-order valence-corrected chi connectivity index (χ3v) is 9.16. The smallest absolute Gasteiger partial charge is 0.157 e. The molecule has 1 aliphatic heterocycles. The number of fused-ring (bicyclic) bond motifs is 3. The lowest BCUT2D eigenvalue weighted by Gasteiger charge is -2.24. The fourth-order valence-electron chi connectivity index (χ4n) is 5.69. The average molecular weight is 290 g/mol. The van der Waals surface area contributed by atoms with Crippen molar-refractivity contribution in [2.24, 2.45) is 29.1 Å². The van der Waals surface area contributed by atoms with Crippen LogP contribution < -0.4 is 0 Å². The lowest BCUT2D eigenvalue weighted by atomic mass is 9.78. The Balaban J connectivity index is 1.82. The van der Waals surface area contributed by atoms with Gasteiger partial charge in [-0.05, 0) is 54.8 Å². The first-order valence-corrected chi connectivity index (χ1v) is 9.31. The summed E-state index contributed by atoms with van der Waals surface area (Å²) in [5.74, 6) is 1.68. The van der Waals surface area contributed by atoms with Crippen LogP contribution in [-0.2, 0) is 9.84 Å². The van der Waals surface area contributed by atoms with E-state index in [2.05, 4.69) is 25.3 Å². The van der Waals surface area contributed by atoms with Crippen LogP contribution in [0, 0.1) is 29.1 Å². The van der Waals surface area contributed by atoms with Gasteiger partial charge in [0.25, 0.3) is 0 Å². The van der Waals surface area contributed by atoms with Crippen molar-refractivity contribution < 1.29 is 8.42 Å². The highest BCUT2D eigenvalue weighted by molar-refractivity contribution is 7.93. The number of hydrogen-bond donors (Lipinski definition) is 0. The van der Waals surface area contributed by atoms with E-state index < -0.39 is 9.84 Å². The molecule has 108 valence electrons. The third-order valence-electron chi connectivity index (χ3n) is 6.46. The molecule has 4 aliphatic rings. The molecule has 0 aromatic heterocycles. The molecule has 0 aromatic carbocycles. The molecule has 1 spiro atoms. The molecule has 0 unspecified atom stereocenters. The van der Waals surface area contributed by atoms with Crippen LogP contribution in [0.1, 0.15) is 25.7 Å². The summed E-state index contributed by atoms with van der Waals surface area (Å²) in [6.45, 7) is 7.57. The van der Waals surface area contributed by atoms with Gasteiger partial charge in [-0.15, -0.1) is 13.2 Å². The minimum absolute atomic E-state index is 0.202. The molecule has 2 nitrogen and oxygen atoms in total. The van der Waals surface area contributed by atoms with Crippen LogP contribution >= 0.6 is 0 Å². The van der Waals surface area contributed by atoms with Crippen LogP contribution in [0.5, 0.6) is 0 Å². The summed E-state index contributed by atoms with van der Waals surface area (Å²) in [5, 5.41) is -0.403. The first kappa shape index (κ1) is 12.9. The molecule has 1 heterocycles. The standard InChI is InChI=1S/C17H22O2S/c1-3-5-13-15-11-7-8-12(17(11)9-10-17)16(15)14(6-4-2)20(13,18)19/h3-4,7-8,11-16H,1-2,5-6,9-10H2/t11-,12+,13-,14+,15-,16+. The molecule has 3 heteroatoms. The fraction of sp³-hybridized carbons (Fsp3) is 0.647. The molecular weight excluding hydrogens is 268 g/mol. The van der Waals surface area contributed by atoms with E-state index in [1.54, 1.807) is 12.2 Å². The van der Waals surface area contributed by atoms with Crippen molar-refractivity contribution in [3.05, 3.63) is 37.5 Å². The number of hydrogen-bond acceptors (Lipinski definition) is 2. The van der Waals surface area contributed by atoms with Gasteiger partial charge in [0.2, 0.25) is 0 Å². The predicted octanol–water partition coefficient (Wildman–Crippen LogP) is 3.13. The van der Waals surface area contributed by atoms with E-state index in [0.29, 0.717) is 41.9 Å². The molecular formula is C17H22O2S. The van der Waals surface area contributed by atoms with Gasteiger partial charge in [0.1, 0.15) is 0 Å². The normalized spacial score (nSPS) is 48.4. The van der Waals surface area contributed by atoms with E-state index in [1.807, 2.05) is 0 Å². The first-order chi connectivity index (χ1) is 9.58. The largest absolute Gasteiger partial charge is 0.228 e. The van der Waals surface area contributed by atoms with Gasteiger partial charge in [0, 0.05) is 0 Å². The van der Waals surface area contributed by atoms with Gasteiger partial charge < -0.3 is 0 Å². The van der Waals surface area contributed by atoms with E-state index in [9.17, 15) is 8.42 Å². The molecule has 2 saturated carbocycles. The molecule has 20 heavy (non-hydrogen) atoms. The van der Waals surface area contributed by atoms with Gasteiger partial charge in [-0.3, -0.25) is 0 Å². The number of sulfone groups is 1. The summed E-state index contributed by atoms with van der Waals surface area (Å²) < 4.78 is 25.8. The van der Waals surface area contributed by atoms with Crippen LogP contribution in [0.4, 0.5) is 0 Å². The highest BCUT2D eigenvalue weighted by atomic mass is 32.2. The Morgan fingerprint density at radius 3 is 1.80 bits per heavy atom. The van der Waals surface area contributed by atoms with Gasteiger partial charge in [0.15, 0.2) is 9.84 Å². The van der Waals surface area contributed by atoms with E-state index in [0.717, 1.165) is 0 Å². The van der Waals surface area contributed by atoms with E-state index >= 15 is 0 Å². The van der Waals surface area contributed by atoms with Gasteiger partial charge >= 0.3 is 0 Å². The maximum atomic E-state index is 12.9. The number of rotatable bonds is 4. The van der Waals surface area contributed by atoms with Gasteiger partial charge in [-0.1, -0.05) is 24.3 Å². The highest BCUT2D eigenvalue weighted by Gasteiger charge is 2.73. The zero-order valence-corrected chi connectivity index (χ0v) is 12.6. The van der Waals surface area contributed by atoms with Crippen molar-refractivity contribution in [3.63, 3.8) is 0 Å². The SMILES string of the molecule is C=CC[C@@H]1[C@@H]2[C@@H]([C@@H]3C=C[C@H]2C32CC2)[C@H](CC=C)S1(=O)=O. The van der Waals surface area contributed by atoms with E-state index in [4.69, 9.17) is 0 Å². The quantitative estimate of drug-likeness (QED) is 0.745. The van der Waals surface area contributed by atoms with Crippen LogP contribution in [0.2, 0.25) is 0 Å². The fourth-order valence-corrected chi connectivity index (χ4v) is 8.52. The second-order valence-corrected chi connectivity index (χ2v) is 9.43. The van der Waals surface area contributed by atoms with Crippen molar-refractivity contribution in [1.29, 1.82) is 0 Å². The van der Waals surface area contributed by atoms with Crippen molar-refractivity contribution in [2.75, 3.05) is 0 Å². The van der Waals surface area contributed by atoms with Crippen LogP contribution in [0.25, 0.3) is 0 Å². The Bertz CT molecular complexity index is 554. The minimum atomic E-state index is -3.04. The monoisotopic (exact) mass is 290 g/mol. The third kappa shape index (κ3) is 1.28. The Hall–Kier alpha value is -0.830. The molecule has 4 rings (SSSR count). The summed E-state index contributed by atoms with van der Waals surface area (Å²) in [6.07, 6.45) is 12.1. The molecule has 0 aromatic rings. The van der Waals surface area contributed by atoms with Crippen molar-refractivity contribution in [1.82, 2.24) is 0 Å². The Kier molecular flexibility index (Phi) is 2.50. The lowest BCUT2D eigenvalue weighted by Crippen LogP contribution is -2.30. The second kappa shape index (κ2) is 3.88. The Labute approximate surface area is 121 Å². The van der Waals surface area contributed by atoms with Crippen LogP contribution in [-0.4, -0.2) is 18.9 Å². The minimum Gasteiger partial charge on any atom is -0.228 e. The maximum Gasteiger partial charge on any atom is 0.157 e.